The summed E-state index contributed by atoms with van der Waals surface area (Å²) in [6, 6.07) is 3.97. The van der Waals surface area contributed by atoms with Crippen LogP contribution in [0.3, 0.4) is 0 Å². The van der Waals surface area contributed by atoms with Gasteiger partial charge in [0.1, 0.15) is 15.5 Å². The maximum Gasteiger partial charge on any atom is 0.338 e. The molecule has 4 rings (SSSR count). The van der Waals surface area contributed by atoms with Gasteiger partial charge in [-0.25, -0.2) is 22.9 Å². The number of H-pyrrole nitrogens is 1. The lowest BCUT2D eigenvalue weighted by molar-refractivity contribution is 0.0319. The first kappa shape index (κ1) is 22.4. The number of sulfonamides is 1. The first-order valence-corrected chi connectivity index (χ1v) is 12.3. The zero-order chi connectivity index (χ0) is 23.2. The van der Waals surface area contributed by atoms with Crippen LogP contribution >= 0.6 is 11.3 Å². The molecule has 0 unspecified atom stereocenters. The van der Waals surface area contributed by atoms with E-state index in [0.717, 1.165) is 23.3 Å². The van der Waals surface area contributed by atoms with Crippen LogP contribution in [-0.2, 0) is 14.8 Å². The van der Waals surface area contributed by atoms with Gasteiger partial charge in [0.05, 0.1) is 18.1 Å². The molecule has 1 aliphatic carbocycles. The quantitative estimate of drug-likeness (QED) is 0.501. The number of carbonyl (C=O) groups excluding carboxylic acids is 1. The van der Waals surface area contributed by atoms with Gasteiger partial charge >= 0.3 is 5.97 Å². The molecule has 1 aromatic carbocycles. The van der Waals surface area contributed by atoms with Crippen molar-refractivity contribution in [2.45, 2.75) is 50.7 Å². The molecule has 0 bridgehead atoms. The van der Waals surface area contributed by atoms with E-state index in [1.807, 2.05) is 13.8 Å². The van der Waals surface area contributed by atoms with Gasteiger partial charge in [-0.1, -0.05) is 0 Å². The summed E-state index contributed by atoms with van der Waals surface area (Å²) in [7, 11) is -2.49. The third-order valence-electron chi connectivity index (χ3n) is 5.31. The van der Waals surface area contributed by atoms with Crippen molar-refractivity contribution in [1.29, 1.82) is 0 Å². The minimum atomic E-state index is -3.85. The summed E-state index contributed by atoms with van der Waals surface area (Å²) in [4.78, 5) is 33.8. The number of esters is 1. The van der Waals surface area contributed by atoms with E-state index in [2.05, 4.69) is 14.7 Å². The molecule has 2 aromatic heterocycles. The fourth-order valence-corrected chi connectivity index (χ4v) is 5.78. The van der Waals surface area contributed by atoms with Crippen molar-refractivity contribution in [2.24, 2.45) is 0 Å². The lowest BCUT2D eigenvalue weighted by Crippen LogP contribution is -2.26. The molecule has 170 valence electrons. The molecular formula is C21H23N3O6S2. The Kier molecular flexibility index (Phi) is 5.82. The number of carbonyl (C=O) groups is 1. The first-order chi connectivity index (χ1) is 15.1. The third-order valence-corrected chi connectivity index (χ3v) is 7.96. The van der Waals surface area contributed by atoms with Gasteiger partial charge in [0.2, 0.25) is 10.0 Å². The topological polar surface area (TPSA) is 127 Å². The molecule has 32 heavy (non-hydrogen) atoms. The molecule has 0 aliphatic heterocycles. The van der Waals surface area contributed by atoms with Crippen molar-refractivity contribution >= 4 is 37.5 Å². The molecule has 2 N–H and O–H groups in total. The molecule has 1 saturated carbocycles. The van der Waals surface area contributed by atoms with Crippen LogP contribution in [0.1, 0.15) is 52.5 Å². The highest BCUT2D eigenvalue weighted by Gasteiger charge is 2.30. The number of fused-ring (bicyclic) bond motifs is 1. The highest BCUT2D eigenvalue weighted by molar-refractivity contribution is 7.89. The Bertz CT molecular complexity index is 1370. The Labute approximate surface area is 188 Å². The van der Waals surface area contributed by atoms with E-state index >= 15 is 0 Å². The number of methoxy groups -OCH3 is 1. The summed E-state index contributed by atoms with van der Waals surface area (Å²) in [6.45, 7) is 5.37. The van der Waals surface area contributed by atoms with Gasteiger partial charge < -0.3 is 14.5 Å². The van der Waals surface area contributed by atoms with E-state index in [4.69, 9.17) is 9.47 Å². The number of hydrogen-bond acceptors (Lipinski definition) is 8. The number of hydrogen-bond donors (Lipinski definition) is 2. The van der Waals surface area contributed by atoms with Crippen LogP contribution in [0, 0.1) is 13.8 Å². The highest BCUT2D eigenvalue weighted by atomic mass is 32.2. The predicted octanol–water partition coefficient (Wildman–Crippen LogP) is 2.97. The van der Waals surface area contributed by atoms with Gasteiger partial charge in [-0.05, 0) is 57.4 Å². The molecule has 1 fully saturated rings. The Balaban J connectivity index is 1.60. The average molecular weight is 478 g/mol. The van der Waals surface area contributed by atoms with Crippen molar-refractivity contribution in [2.75, 3.05) is 7.11 Å². The van der Waals surface area contributed by atoms with E-state index in [1.165, 1.54) is 36.6 Å². The smallest absolute Gasteiger partial charge is 0.338 e. The summed E-state index contributed by atoms with van der Waals surface area (Å²) in [5, 5.41) is 0.531. The van der Waals surface area contributed by atoms with Gasteiger partial charge in [-0.3, -0.25) is 4.79 Å². The first-order valence-electron chi connectivity index (χ1n) is 10.0. The van der Waals surface area contributed by atoms with Crippen LogP contribution in [0.5, 0.6) is 5.75 Å². The number of ether oxygens (including phenoxy) is 2. The fraction of sp³-hybridized carbons (Fsp3) is 0.381. The number of nitrogens with one attached hydrogen (secondary N) is 2. The van der Waals surface area contributed by atoms with Crippen LogP contribution in [-0.4, -0.2) is 37.5 Å². The second-order valence-corrected chi connectivity index (χ2v) is 10.6. The zero-order valence-corrected chi connectivity index (χ0v) is 19.6. The van der Waals surface area contributed by atoms with E-state index < -0.39 is 22.1 Å². The second-order valence-electron chi connectivity index (χ2n) is 7.72. The van der Waals surface area contributed by atoms with Crippen LogP contribution in [0.4, 0.5) is 0 Å². The monoisotopic (exact) mass is 477 g/mol. The molecule has 11 heteroatoms. The van der Waals surface area contributed by atoms with Crippen molar-refractivity contribution in [3.05, 3.63) is 50.4 Å². The van der Waals surface area contributed by atoms with E-state index in [9.17, 15) is 18.0 Å². The predicted molar refractivity (Wildman–Crippen MR) is 120 cm³/mol. The van der Waals surface area contributed by atoms with Crippen molar-refractivity contribution < 1.29 is 22.7 Å². The minimum absolute atomic E-state index is 0.0417. The Hall–Kier alpha value is -2.76. The lowest BCUT2D eigenvalue weighted by atomic mass is 10.2. The molecule has 2 heterocycles. The molecule has 0 amide bonds. The lowest BCUT2D eigenvalue weighted by Gasteiger charge is -2.14. The molecule has 0 radical (unpaired) electrons. The zero-order valence-electron chi connectivity index (χ0n) is 18.0. The Morgan fingerprint density at radius 3 is 2.69 bits per heavy atom. The van der Waals surface area contributed by atoms with Gasteiger partial charge in [-0.2, -0.15) is 0 Å². The van der Waals surface area contributed by atoms with Crippen molar-refractivity contribution in [3.8, 4) is 5.75 Å². The number of aryl methyl sites for hydroxylation is 2. The van der Waals surface area contributed by atoms with E-state index in [0.29, 0.717) is 10.2 Å². The molecule has 0 saturated heterocycles. The van der Waals surface area contributed by atoms with Crippen LogP contribution in [0.25, 0.3) is 10.2 Å². The van der Waals surface area contributed by atoms with Crippen LogP contribution in [0.15, 0.2) is 27.9 Å². The summed E-state index contributed by atoms with van der Waals surface area (Å²) < 4.78 is 38.6. The largest absolute Gasteiger partial charge is 0.495 e. The number of benzene rings is 1. The van der Waals surface area contributed by atoms with Gasteiger partial charge in [0.25, 0.3) is 5.56 Å². The second kappa shape index (κ2) is 8.30. The molecule has 9 nitrogen and oxygen atoms in total. The molecule has 1 aliphatic rings. The van der Waals surface area contributed by atoms with Crippen LogP contribution in [0.2, 0.25) is 0 Å². The van der Waals surface area contributed by atoms with E-state index in [-0.39, 0.29) is 33.6 Å². The van der Waals surface area contributed by atoms with Gasteiger partial charge in [0.15, 0.2) is 11.9 Å². The SMILES string of the molecule is COc1ccc(C(=O)O[C@@H](C)c2nc3sc(C)c(C)c3c(=O)[nH]2)cc1S(=O)(=O)NC1CC1. The van der Waals surface area contributed by atoms with Crippen molar-refractivity contribution in [3.63, 3.8) is 0 Å². The average Bonchev–Trinajstić information content (AvgIpc) is 3.50. The Morgan fingerprint density at radius 2 is 2.03 bits per heavy atom. The fourth-order valence-electron chi connectivity index (χ4n) is 3.25. The standard InChI is InChI=1S/C21H23N3O6S2/c1-10-12(3)31-20-17(10)19(25)22-18(23-20)11(2)30-21(26)13-5-8-15(29-4)16(9-13)32(27,28)24-14-6-7-14/h5,8-9,11,14,24H,6-7H2,1-4H3,(H,22,23,25)/t11-/m0/s1. The summed E-state index contributed by atoms with van der Waals surface area (Å²) in [5.41, 5.74) is 0.625. The summed E-state index contributed by atoms with van der Waals surface area (Å²) in [5.74, 6) is -0.402. The number of aromatic nitrogens is 2. The van der Waals surface area contributed by atoms with E-state index in [1.54, 1.807) is 6.92 Å². The molecule has 1 atom stereocenters. The Morgan fingerprint density at radius 1 is 1.31 bits per heavy atom. The van der Waals surface area contributed by atoms with Gasteiger partial charge in [-0.15, -0.1) is 11.3 Å². The summed E-state index contributed by atoms with van der Waals surface area (Å²) >= 11 is 1.40. The molecular weight excluding hydrogens is 454 g/mol. The maximum absolute atomic E-state index is 12.8. The molecule has 3 aromatic rings. The van der Waals surface area contributed by atoms with Gasteiger partial charge in [0, 0.05) is 10.9 Å². The normalized spacial score (nSPS) is 15.0. The van der Waals surface area contributed by atoms with Crippen LogP contribution < -0.4 is 15.0 Å². The number of thiophene rings is 1. The minimum Gasteiger partial charge on any atom is -0.495 e. The number of nitrogens with zero attached hydrogens (tertiary/aromatic N) is 1. The number of rotatable bonds is 7. The van der Waals surface area contributed by atoms with Crippen molar-refractivity contribution in [1.82, 2.24) is 14.7 Å². The highest BCUT2D eigenvalue weighted by Crippen LogP contribution is 2.30. The maximum atomic E-state index is 12.8. The third kappa shape index (κ3) is 4.27. The molecule has 0 spiro atoms. The number of aromatic amines is 1. The summed E-state index contributed by atoms with van der Waals surface area (Å²) in [6.07, 6.45) is 0.702.